The highest BCUT2D eigenvalue weighted by atomic mass is 16.1. The molecule has 0 spiro atoms. The second kappa shape index (κ2) is 5.71. The Hall–Kier alpha value is -1.78. The van der Waals surface area contributed by atoms with Crippen LogP contribution in [-0.4, -0.2) is 23.0 Å². The van der Waals surface area contributed by atoms with Gasteiger partial charge in [-0.3, -0.25) is 4.79 Å². The van der Waals surface area contributed by atoms with Crippen LogP contribution >= 0.6 is 0 Å². The molecular formula is C13H22N4O. The zero-order chi connectivity index (χ0) is 13.8. The van der Waals surface area contributed by atoms with E-state index >= 15 is 0 Å². The molecule has 0 aromatic carbocycles. The fourth-order valence-electron chi connectivity index (χ4n) is 1.56. The van der Waals surface area contributed by atoms with Crippen molar-refractivity contribution in [2.45, 2.75) is 39.7 Å². The lowest BCUT2D eigenvalue weighted by Gasteiger charge is -2.20. The molecule has 18 heavy (non-hydrogen) atoms. The Morgan fingerprint density at radius 1 is 1.44 bits per heavy atom. The molecule has 0 fully saturated rings. The SMILES string of the molecule is Cc1cc(N)cnc1NCCC(=O)NC(C)(C)C. The molecule has 0 aliphatic heterocycles. The minimum atomic E-state index is -0.188. The summed E-state index contributed by atoms with van der Waals surface area (Å²) in [5, 5.41) is 6.04. The molecule has 0 unspecified atom stereocenters. The summed E-state index contributed by atoms with van der Waals surface area (Å²) in [4.78, 5) is 15.8. The molecule has 5 heteroatoms. The van der Waals surface area contributed by atoms with E-state index in [1.54, 1.807) is 6.20 Å². The Bertz CT molecular complexity index is 423. The molecule has 0 radical (unpaired) electrons. The summed E-state index contributed by atoms with van der Waals surface area (Å²) in [6, 6.07) is 1.85. The van der Waals surface area contributed by atoms with Crippen LogP contribution < -0.4 is 16.4 Å². The number of nitrogens with zero attached hydrogens (tertiary/aromatic N) is 1. The fraction of sp³-hybridized carbons (Fsp3) is 0.538. The molecule has 0 atom stereocenters. The number of amides is 1. The molecular weight excluding hydrogens is 228 g/mol. The largest absolute Gasteiger partial charge is 0.397 e. The van der Waals surface area contributed by atoms with Crippen molar-refractivity contribution in [2.75, 3.05) is 17.6 Å². The number of pyridine rings is 1. The molecule has 1 rings (SSSR count). The number of hydrogen-bond donors (Lipinski definition) is 3. The molecule has 4 N–H and O–H groups in total. The first-order chi connectivity index (χ1) is 8.28. The minimum absolute atomic E-state index is 0.0306. The Morgan fingerprint density at radius 2 is 2.11 bits per heavy atom. The normalized spacial score (nSPS) is 11.1. The van der Waals surface area contributed by atoms with Crippen molar-refractivity contribution in [1.29, 1.82) is 0 Å². The number of aryl methyl sites for hydroxylation is 1. The van der Waals surface area contributed by atoms with Crippen LogP contribution in [0.1, 0.15) is 32.8 Å². The Morgan fingerprint density at radius 3 is 2.67 bits per heavy atom. The number of hydrogen-bond acceptors (Lipinski definition) is 4. The third kappa shape index (κ3) is 5.03. The summed E-state index contributed by atoms with van der Waals surface area (Å²) in [6.07, 6.45) is 2.02. The van der Waals surface area contributed by atoms with E-state index in [0.717, 1.165) is 11.4 Å². The zero-order valence-corrected chi connectivity index (χ0v) is 11.5. The molecule has 1 aromatic rings. The van der Waals surface area contributed by atoms with Gasteiger partial charge in [-0.2, -0.15) is 0 Å². The van der Waals surface area contributed by atoms with Gasteiger partial charge in [0.1, 0.15) is 5.82 Å². The number of nitrogens with one attached hydrogen (secondary N) is 2. The average Bonchev–Trinajstić information content (AvgIpc) is 2.18. The van der Waals surface area contributed by atoms with Gasteiger partial charge >= 0.3 is 0 Å². The topological polar surface area (TPSA) is 80.0 Å². The minimum Gasteiger partial charge on any atom is -0.397 e. The zero-order valence-electron chi connectivity index (χ0n) is 11.5. The summed E-state index contributed by atoms with van der Waals surface area (Å²) in [6.45, 7) is 8.37. The maximum absolute atomic E-state index is 11.6. The number of carbonyl (C=O) groups is 1. The summed E-state index contributed by atoms with van der Waals surface area (Å²) in [7, 11) is 0. The number of carbonyl (C=O) groups excluding carboxylic acids is 1. The summed E-state index contributed by atoms with van der Waals surface area (Å²) in [5.41, 5.74) is 7.05. The van der Waals surface area contributed by atoms with Crippen LogP contribution in [0.15, 0.2) is 12.3 Å². The Balaban J connectivity index is 2.40. The average molecular weight is 250 g/mol. The number of rotatable bonds is 4. The van der Waals surface area contributed by atoms with Gasteiger partial charge in [0, 0.05) is 18.5 Å². The maximum atomic E-state index is 11.6. The Labute approximate surface area is 108 Å². The van der Waals surface area contributed by atoms with E-state index in [1.165, 1.54) is 0 Å². The van der Waals surface area contributed by atoms with E-state index in [2.05, 4.69) is 15.6 Å². The van der Waals surface area contributed by atoms with Crippen molar-refractivity contribution in [3.63, 3.8) is 0 Å². The van der Waals surface area contributed by atoms with Gasteiger partial charge in [-0.25, -0.2) is 4.98 Å². The molecule has 0 aliphatic rings. The van der Waals surface area contributed by atoms with Gasteiger partial charge in [0.05, 0.1) is 11.9 Å². The first-order valence-corrected chi connectivity index (χ1v) is 6.05. The van der Waals surface area contributed by atoms with E-state index in [0.29, 0.717) is 18.7 Å². The highest BCUT2D eigenvalue weighted by molar-refractivity contribution is 5.77. The highest BCUT2D eigenvalue weighted by Gasteiger charge is 2.13. The molecule has 0 saturated heterocycles. The predicted octanol–water partition coefficient (Wildman–Crippen LogP) is 1.69. The van der Waals surface area contributed by atoms with Crippen molar-refractivity contribution in [1.82, 2.24) is 10.3 Å². The monoisotopic (exact) mass is 250 g/mol. The lowest BCUT2D eigenvalue weighted by molar-refractivity contribution is -0.122. The fourth-order valence-corrected chi connectivity index (χ4v) is 1.56. The standard InChI is InChI=1S/C13H22N4O/c1-9-7-10(14)8-16-12(9)15-6-5-11(18)17-13(2,3)4/h7-8H,5-6,14H2,1-4H3,(H,15,16)(H,17,18). The van der Waals surface area contributed by atoms with Gasteiger partial charge in [-0.15, -0.1) is 0 Å². The third-order valence-corrected chi connectivity index (χ3v) is 2.26. The van der Waals surface area contributed by atoms with Gasteiger partial charge in [-0.1, -0.05) is 0 Å². The van der Waals surface area contributed by atoms with Crippen LogP contribution in [0, 0.1) is 6.92 Å². The number of nitrogens with two attached hydrogens (primary N) is 1. The number of anilines is 2. The molecule has 1 heterocycles. The van der Waals surface area contributed by atoms with E-state index in [1.807, 2.05) is 33.8 Å². The summed E-state index contributed by atoms with van der Waals surface area (Å²) < 4.78 is 0. The lowest BCUT2D eigenvalue weighted by atomic mass is 10.1. The Kier molecular flexibility index (Phi) is 4.53. The van der Waals surface area contributed by atoms with Crippen LogP contribution in [-0.2, 0) is 4.79 Å². The van der Waals surface area contributed by atoms with Crippen LogP contribution in [0.3, 0.4) is 0 Å². The smallest absolute Gasteiger partial charge is 0.222 e. The second-order valence-corrected chi connectivity index (χ2v) is 5.41. The summed E-state index contributed by atoms with van der Waals surface area (Å²) >= 11 is 0. The van der Waals surface area contributed by atoms with Gasteiger partial charge in [0.2, 0.25) is 5.91 Å². The van der Waals surface area contributed by atoms with Crippen molar-refractivity contribution in [3.05, 3.63) is 17.8 Å². The molecule has 100 valence electrons. The maximum Gasteiger partial charge on any atom is 0.222 e. The highest BCUT2D eigenvalue weighted by Crippen LogP contribution is 2.13. The molecule has 0 aliphatic carbocycles. The van der Waals surface area contributed by atoms with Crippen molar-refractivity contribution >= 4 is 17.4 Å². The molecule has 1 amide bonds. The number of nitrogen functional groups attached to an aromatic ring is 1. The molecule has 1 aromatic heterocycles. The second-order valence-electron chi connectivity index (χ2n) is 5.41. The van der Waals surface area contributed by atoms with E-state index in [4.69, 9.17) is 5.73 Å². The van der Waals surface area contributed by atoms with Gasteiger partial charge in [0.25, 0.3) is 0 Å². The number of aromatic nitrogens is 1. The third-order valence-electron chi connectivity index (χ3n) is 2.26. The predicted molar refractivity (Wildman–Crippen MR) is 74.4 cm³/mol. The van der Waals surface area contributed by atoms with E-state index < -0.39 is 0 Å². The van der Waals surface area contributed by atoms with Crippen molar-refractivity contribution in [3.8, 4) is 0 Å². The quantitative estimate of drug-likeness (QED) is 0.759. The molecule has 5 nitrogen and oxygen atoms in total. The van der Waals surface area contributed by atoms with Gasteiger partial charge in [-0.05, 0) is 39.3 Å². The van der Waals surface area contributed by atoms with Gasteiger partial charge < -0.3 is 16.4 Å². The van der Waals surface area contributed by atoms with E-state index in [-0.39, 0.29) is 11.4 Å². The van der Waals surface area contributed by atoms with Gasteiger partial charge in [0.15, 0.2) is 0 Å². The lowest BCUT2D eigenvalue weighted by Crippen LogP contribution is -2.41. The van der Waals surface area contributed by atoms with Crippen LogP contribution in [0.5, 0.6) is 0 Å². The van der Waals surface area contributed by atoms with Crippen LogP contribution in [0.4, 0.5) is 11.5 Å². The molecule has 0 saturated carbocycles. The van der Waals surface area contributed by atoms with Crippen molar-refractivity contribution in [2.24, 2.45) is 0 Å². The first-order valence-electron chi connectivity index (χ1n) is 6.05. The summed E-state index contributed by atoms with van der Waals surface area (Å²) in [5.74, 6) is 0.802. The first kappa shape index (κ1) is 14.3. The van der Waals surface area contributed by atoms with E-state index in [9.17, 15) is 4.79 Å². The van der Waals surface area contributed by atoms with Crippen LogP contribution in [0.2, 0.25) is 0 Å². The molecule has 0 bridgehead atoms. The van der Waals surface area contributed by atoms with Crippen molar-refractivity contribution < 1.29 is 4.79 Å². The van der Waals surface area contributed by atoms with Crippen LogP contribution in [0.25, 0.3) is 0 Å².